The largest absolute Gasteiger partial charge is 0.272 e. The summed E-state index contributed by atoms with van der Waals surface area (Å²) in [6, 6.07) is 25.3. The molecule has 0 aliphatic heterocycles. The zero-order valence-electron chi connectivity index (χ0n) is 18.9. The molecule has 0 fully saturated rings. The fraction of sp³-hybridized carbons (Fsp3) is 0.154. The van der Waals surface area contributed by atoms with Crippen LogP contribution in [-0.2, 0) is 4.79 Å². The number of aromatic nitrogens is 3. The van der Waals surface area contributed by atoms with E-state index in [0.29, 0.717) is 21.9 Å². The molecule has 172 valence electrons. The van der Waals surface area contributed by atoms with Crippen LogP contribution in [-0.4, -0.2) is 32.6 Å². The summed E-state index contributed by atoms with van der Waals surface area (Å²) >= 11 is 7.37. The number of hydrazone groups is 1. The first-order chi connectivity index (χ1) is 16.5. The molecule has 6 nitrogen and oxygen atoms in total. The third-order valence-electron chi connectivity index (χ3n) is 5.09. The molecule has 0 saturated carbocycles. The van der Waals surface area contributed by atoms with E-state index in [2.05, 4.69) is 46.7 Å². The predicted octanol–water partition coefficient (Wildman–Crippen LogP) is 5.95. The van der Waals surface area contributed by atoms with E-state index in [1.165, 1.54) is 17.3 Å². The Morgan fingerprint density at radius 2 is 1.74 bits per heavy atom. The quantitative estimate of drug-likeness (QED) is 0.188. The molecule has 4 aromatic rings. The van der Waals surface area contributed by atoms with Gasteiger partial charge in [0.15, 0.2) is 11.0 Å². The van der Waals surface area contributed by atoms with Crippen LogP contribution in [0.15, 0.2) is 89.1 Å². The first-order valence-corrected chi connectivity index (χ1v) is 12.2. The minimum Gasteiger partial charge on any atom is -0.272 e. The van der Waals surface area contributed by atoms with Crippen molar-refractivity contribution >= 4 is 35.5 Å². The molecule has 0 spiro atoms. The summed E-state index contributed by atoms with van der Waals surface area (Å²) in [6.45, 7) is 4.30. The van der Waals surface area contributed by atoms with Crippen molar-refractivity contribution in [3.05, 3.63) is 95.0 Å². The maximum atomic E-state index is 12.4. The van der Waals surface area contributed by atoms with Gasteiger partial charge in [0.1, 0.15) is 0 Å². The Morgan fingerprint density at radius 3 is 2.41 bits per heavy atom. The number of rotatable bonds is 8. The van der Waals surface area contributed by atoms with Crippen molar-refractivity contribution in [3.63, 3.8) is 0 Å². The Bertz CT molecular complexity index is 1270. The van der Waals surface area contributed by atoms with E-state index in [-0.39, 0.29) is 11.7 Å². The maximum Gasteiger partial charge on any atom is 0.250 e. The molecule has 34 heavy (non-hydrogen) atoms. The Labute approximate surface area is 208 Å². The van der Waals surface area contributed by atoms with Gasteiger partial charge in [-0.2, -0.15) is 5.10 Å². The molecule has 0 bridgehead atoms. The second-order valence-electron chi connectivity index (χ2n) is 7.89. The lowest BCUT2D eigenvalue weighted by Crippen LogP contribution is -2.20. The van der Waals surface area contributed by atoms with Gasteiger partial charge in [0, 0.05) is 16.3 Å². The number of thioether (sulfide) groups is 1. The molecular weight excluding hydrogens is 466 g/mol. The lowest BCUT2D eigenvalue weighted by molar-refractivity contribution is -0.118. The molecule has 3 aromatic carbocycles. The minimum absolute atomic E-state index is 0.143. The number of halogens is 1. The molecule has 1 amide bonds. The fourth-order valence-electron chi connectivity index (χ4n) is 3.27. The molecule has 0 atom stereocenters. The second-order valence-corrected chi connectivity index (χ2v) is 9.27. The highest BCUT2D eigenvalue weighted by Gasteiger charge is 2.17. The second kappa shape index (κ2) is 11.1. The van der Waals surface area contributed by atoms with E-state index in [1.807, 2.05) is 71.3 Å². The highest BCUT2D eigenvalue weighted by molar-refractivity contribution is 7.99. The Balaban J connectivity index is 1.45. The van der Waals surface area contributed by atoms with Crippen molar-refractivity contribution in [1.29, 1.82) is 0 Å². The van der Waals surface area contributed by atoms with Crippen LogP contribution in [0.2, 0.25) is 5.02 Å². The van der Waals surface area contributed by atoms with Crippen LogP contribution in [0, 0.1) is 0 Å². The van der Waals surface area contributed by atoms with Gasteiger partial charge in [-0.15, -0.1) is 10.2 Å². The van der Waals surface area contributed by atoms with E-state index in [1.54, 1.807) is 6.21 Å². The van der Waals surface area contributed by atoms with E-state index < -0.39 is 0 Å². The number of nitrogens with one attached hydrogen (secondary N) is 1. The van der Waals surface area contributed by atoms with Crippen LogP contribution in [0.5, 0.6) is 0 Å². The van der Waals surface area contributed by atoms with Gasteiger partial charge in [0.25, 0.3) is 5.91 Å². The van der Waals surface area contributed by atoms with Crippen LogP contribution in [0.1, 0.15) is 30.9 Å². The van der Waals surface area contributed by atoms with Crippen molar-refractivity contribution in [3.8, 4) is 17.1 Å². The summed E-state index contributed by atoms with van der Waals surface area (Å²) in [5.41, 5.74) is 6.55. The monoisotopic (exact) mass is 489 g/mol. The highest BCUT2D eigenvalue weighted by Crippen LogP contribution is 2.28. The molecule has 8 heteroatoms. The highest BCUT2D eigenvalue weighted by atomic mass is 35.5. The molecule has 1 N–H and O–H groups in total. The normalized spacial score (nSPS) is 11.3. The minimum atomic E-state index is -0.230. The predicted molar refractivity (Wildman–Crippen MR) is 139 cm³/mol. The van der Waals surface area contributed by atoms with Gasteiger partial charge in [-0.05, 0) is 41.3 Å². The zero-order chi connectivity index (χ0) is 23.9. The number of carbonyl (C=O) groups is 1. The van der Waals surface area contributed by atoms with Crippen molar-refractivity contribution in [2.75, 3.05) is 5.75 Å². The summed E-state index contributed by atoms with van der Waals surface area (Å²) in [5.74, 6) is 1.07. The summed E-state index contributed by atoms with van der Waals surface area (Å²) in [7, 11) is 0. The molecule has 1 aromatic heterocycles. The number of nitrogens with zero attached hydrogens (tertiary/aromatic N) is 4. The van der Waals surface area contributed by atoms with Crippen molar-refractivity contribution in [2.24, 2.45) is 5.10 Å². The summed E-state index contributed by atoms with van der Waals surface area (Å²) < 4.78 is 1.92. The Kier molecular flexibility index (Phi) is 7.77. The topological polar surface area (TPSA) is 72.2 Å². The van der Waals surface area contributed by atoms with Crippen molar-refractivity contribution in [1.82, 2.24) is 20.2 Å². The third kappa shape index (κ3) is 5.92. The first-order valence-electron chi connectivity index (χ1n) is 10.8. The number of hydrogen-bond donors (Lipinski definition) is 1. The number of hydrogen-bond acceptors (Lipinski definition) is 5. The van der Waals surface area contributed by atoms with Gasteiger partial charge in [-0.25, -0.2) is 5.43 Å². The average molecular weight is 490 g/mol. The van der Waals surface area contributed by atoms with Gasteiger partial charge in [-0.3, -0.25) is 9.36 Å². The van der Waals surface area contributed by atoms with Crippen LogP contribution in [0.25, 0.3) is 17.1 Å². The lowest BCUT2D eigenvalue weighted by atomic mass is 10.0. The fourth-order valence-corrected chi connectivity index (χ4v) is 4.14. The number of carbonyl (C=O) groups excluding carboxylic acids is 1. The summed E-state index contributed by atoms with van der Waals surface area (Å²) in [4.78, 5) is 12.4. The van der Waals surface area contributed by atoms with Gasteiger partial charge < -0.3 is 0 Å². The van der Waals surface area contributed by atoms with E-state index in [0.717, 1.165) is 16.8 Å². The summed E-state index contributed by atoms with van der Waals surface area (Å²) in [6.07, 6.45) is 1.64. The maximum absolute atomic E-state index is 12.4. The Morgan fingerprint density at radius 1 is 1.03 bits per heavy atom. The Hall–Kier alpha value is -3.42. The standard InChI is InChI=1S/C26H24ClN5OS/c1-18(2)20-10-8-19(9-11-20)16-28-29-24(33)17-34-26-31-30-25(21-6-4-3-5-7-21)32(26)23-14-12-22(27)13-15-23/h3-16,18H,17H2,1-2H3,(H,29,33)/b28-16-. The molecule has 0 aliphatic rings. The average Bonchev–Trinajstić information content (AvgIpc) is 3.28. The number of amides is 1. The van der Waals surface area contributed by atoms with E-state index >= 15 is 0 Å². The molecule has 0 saturated heterocycles. The smallest absolute Gasteiger partial charge is 0.250 e. The molecule has 0 aliphatic carbocycles. The molecule has 4 rings (SSSR count). The first kappa shape index (κ1) is 23.7. The van der Waals surface area contributed by atoms with Gasteiger partial charge in [-0.1, -0.05) is 91.8 Å². The van der Waals surface area contributed by atoms with Gasteiger partial charge in [0.05, 0.1) is 12.0 Å². The van der Waals surface area contributed by atoms with Gasteiger partial charge >= 0.3 is 0 Å². The van der Waals surface area contributed by atoms with Gasteiger partial charge in [0.2, 0.25) is 0 Å². The molecule has 1 heterocycles. The zero-order valence-corrected chi connectivity index (χ0v) is 20.4. The molecular formula is C26H24ClN5OS. The van der Waals surface area contributed by atoms with E-state index in [9.17, 15) is 4.79 Å². The van der Waals surface area contributed by atoms with Crippen molar-refractivity contribution in [2.45, 2.75) is 24.9 Å². The van der Waals surface area contributed by atoms with Crippen LogP contribution >= 0.6 is 23.4 Å². The SMILES string of the molecule is CC(C)c1ccc(/C=N\NC(=O)CSc2nnc(-c3ccccc3)n2-c2ccc(Cl)cc2)cc1. The van der Waals surface area contributed by atoms with Crippen molar-refractivity contribution < 1.29 is 4.79 Å². The number of benzene rings is 3. The van der Waals surface area contributed by atoms with Crippen LogP contribution < -0.4 is 5.43 Å². The summed E-state index contributed by atoms with van der Waals surface area (Å²) in [5, 5.41) is 14.0. The lowest BCUT2D eigenvalue weighted by Gasteiger charge is -2.10. The van der Waals surface area contributed by atoms with E-state index in [4.69, 9.17) is 11.6 Å². The molecule has 0 unspecified atom stereocenters. The molecule has 0 radical (unpaired) electrons. The van der Waals surface area contributed by atoms with Crippen LogP contribution in [0.4, 0.5) is 0 Å². The van der Waals surface area contributed by atoms with Crippen LogP contribution in [0.3, 0.4) is 0 Å². The third-order valence-corrected chi connectivity index (χ3v) is 6.27.